The number of H-pyrrole nitrogens is 1. The van der Waals surface area contributed by atoms with E-state index in [2.05, 4.69) is 29.3 Å². The molecule has 0 unspecified atom stereocenters. The molecule has 17 heavy (non-hydrogen) atoms. The van der Waals surface area contributed by atoms with Crippen molar-refractivity contribution >= 4 is 0 Å². The van der Waals surface area contributed by atoms with E-state index in [4.69, 9.17) is 0 Å². The van der Waals surface area contributed by atoms with Crippen LogP contribution in [0.15, 0.2) is 35.1 Å². The van der Waals surface area contributed by atoms with Crippen molar-refractivity contribution in [2.24, 2.45) is 0 Å². The van der Waals surface area contributed by atoms with E-state index < -0.39 is 0 Å². The largest absolute Gasteiger partial charge is 0.272 e. The van der Waals surface area contributed by atoms with Crippen molar-refractivity contribution < 1.29 is 0 Å². The fourth-order valence-electron chi connectivity index (χ4n) is 1.80. The normalized spacial score (nSPS) is 10.5. The van der Waals surface area contributed by atoms with Gasteiger partial charge in [0.1, 0.15) is 0 Å². The molecular formula is C14H16N2O. The van der Waals surface area contributed by atoms with E-state index in [1.165, 1.54) is 5.56 Å². The molecule has 2 aromatic rings. The van der Waals surface area contributed by atoms with E-state index in [1.807, 2.05) is 25.1 Å². The number of aromatic amines is 1. The van der Waals surface area contributed by atoms with Crippen LogP contribution in [0.3, 0.4) is 0 Å². The van der Waals surface area contributed by atoms with Gasteiger partial charge < -0.3 is 0 Å². The van der Waals surface area contributed by atoms with Gasteiger partial charge in [-0.2, -0.15) is 5.10 Å². The van der Waals surface area contributed by atoms with E-state index in [0.717, 1.165) is 24.1 Å². The van der Waals surface area contributed by atoms with Crippen LogP contribution in [-0.2, 0) is 12.8 Å². The number of aromatic nitrogens is 2. The SMILES string of the molecule is CCc1cccc(-c2cc(CC)n[nH]c2=O)c1. The summed E-state index contributed by atoms with van der Waals surface area (Å²) in [7, 11) is 0. The monoisotopic (exact) mass is 228 g/mol. The van der Waals surface area contributed by atoms with Crippen LogP contribution >= 0.6 is 0 Å². The van der Waals surface area contributed by atoms with Gasteiger partial charge in [-0.15, -0.1) is 0 Å². The van der Waals surface area contributed by atoms with Gasteiger partial charge in [-0.3, -0.25) is 4.79 Å². The number of benzene rings is 1. The summed E-state index contributed by atoms with van der Waals surface area (Å²) >= 11 is 0. The maximum absolute atomic E-state index is 11.8. The van der Waals surface area contributed by atoms with Gasteiger partial charge in [0.05, 0.1) is 11.3 Å². The second kappa shape index (κ2) is 4.95. The molecule has 0 aliphatic carbocycles. The Morgan fingerprint density at radius 3 is 2.71 bits per heavy atom. The molecule has 1 N–H and O–H groups in total. The van der Waals surface area contributed by atoms with Gasteiger partial charge in [-0.1, -0.05) is 38.1 Å². The minimum Gasteiger partial charge on any atom is -0.267 e. The molecule has 0 saturated heterocycles. The average Bonchev–Trinajstić information content (AvgIpc) is 2.39. The van der Waals surface area contributed by atoms with Crippen LogP contribution in [-0.4, -0.2) is 10.2 Å². The summed E-state index contributed by atoms with van der Waals surface area (Å²) in [5, 5.41) is 6.54. The molecule has 3 heteroatoms. The summed E-state index contributed by atoms with van der Waals surface area (Å²) in [6, 6.07) is 9.94. The summed E-state index contributed by atoms with van der Waals surface area (Å²) in [5.41, 5.74) is 3.67. The Hall–Kier alpha value is -1.90. The zero-order valence-electron chi connectivity index (χ0n) is 10.2. The van der Waals surface area contributed by atoms with Crippen LogP contribution in [0.5, 0.6) is 0 Å². The Balaban J connectivity index is 2.55. The molecule has 88 valence electrons. The standard InChI is InChI=1S/C14H16N2O/c1-3-10-6-5-7-11(8-10)13-9-12(4-2)15-16-14(13)17/h5-9H,3-4H2,1-2H3,(H,16,17). The van der Waals surface area contributed by atoms with Crippen molar-refractivity contribution in [2.45, 2.75) is 26.7 Å². The quantitative estimate of drug-likeness (QED) is 0.877. The first-order chi connectivity index (χ1) is 8.24. The smallest absolute Gasteiger partial charge is 0.267 e. The van der Waals surface area contributed by atoms with E-state index in [-0.39, 0.29) is 5.56 Å². The van der Waals surface area contributed by atoms with E-state index >= 15 is 0 Å². The van der Waals surface area contributed by atoms with Gasteiger partial charge >= 0.3 is 0 Å². The number of rotatable bonds is 3. The van der Waals surface area contributed by atoms with Crippen molar-refractivity contribution in [3.05, 3.63) is 51.9 Å². The Labute approximate surface area is 101 Å². The molecule has 1 aromatic carbocycles. The first-order valence-electron chi connectivity index (χ1n) is 5.92. The molecule has 1 heterocycles. The Morgan fingerprint density at radius 2 is 2.00 bits per heavy atom. The second-order valence-corrected chi connectivity index (χ2v) is 4.01. The van der Waals surface area contributed by atoms with E-state index in [0.29, 0.717) is 5.56 Å². The number of hydrogen-bond acceptors (Lipinski definition) is 2. The number of nitrogens with zero attached hydrogens (tertiary/aromatic N) is 1. The third kappa shape index (κ3) is 2.44. The second-order valence-electron chi connectivity index (χ2n) is 4.01. The summed E-state index contributed by atoms with van der Waals surface area (Å²) in [4.78, 5) is 11.8. The molecule has 0 amide bonds. The lowest BCUT2D eigenvalue weighted by Crippen LogP contribution is -2.12. The van der Waals surface area contributed by atoms with E-state index in [9.17, 15) is 4.79 Å². The minimum absolute atomic E-state index is 0.129. The Morgan fingerprint density at radius 1 is 1.18 bits per heavy atom. The molecule has 0 fully saturated rings. The highest BCUT2D eigenvalue weighted by molar-refractivity contribution is 5.63. The zero-order chi connectivity index (χ0) is 12.3. The van der Waals surface area contributed by atoms with Crippen LogP contribution in [0.1, 0.15) is 25.1 Å². The number of nitrogens with one attached hydrogen (secondary N) is 1. The van der Waals surface area contributed by atoms with Gasteiger partial charge in [-0.05, 0) is 30.0 Å². The molecule has 3 nitrogen and oxygen atoms in total. The summed E-state index contributed by atoms with van der Waals surface area (Å²) < 4.78 is 0. The first-order valence-corrected chi connectivity index (χ1v) is 5.92. The van der Waals surface area contributed by atoms with Gasteiger partial charge in [0.2, 0.25) is 0 Å². The molecule has 0 saturated carbocycles. The van der Waals surface area contributed by atoms with E-state index in [1.54, 1.807) is 0 Å². The molecule has 0 spiro atoms. The lowest BCUT2D eigenvalue weighted by atomic mass is 10.0. The van der Waals surface area contributed by atoms with Gasteiger partial charge in [-0.25, -0.2) is 5.10 Å². The average molecular weight is 228 g/mol. The highest BCUT2D eigenvalue weighted by Gasteiger charge is 2.05. The van der Waals surface area contributed by atoms with Crippen molar-refractivity contribution in [1.82, 2.24) is 10.2 Å². The maximum Gasteiger partial charge on any atom is 0.272 e. The molecule has 0 atom stereocenters. The Bertz CT molecular complexity index is 572. The molecular weight excluding hydrogens is 212 g/mol. The summed E-state index contributed by atoms with van der Waals surface area (Å²) in [6.07, 6.45) is 1.79. The minimum atomic E-state index is -0.129. The number of hydrogen-bond donors (Lipinski definition) is 1. The molecule has 0 bridgehead atoms. The summed E-state index contributed by atoms with van der Waals surface area (Å²) in [5.74, 6) is 0. The van der Waals surface area contributed by atoms with Gasteiger partial charge in [0.25, 0.3) is 5.56 Å². The van der Waals surface area contributed by atoms with Gasteiger partial charge in [0.15, 0.2) is 0 Å². The van der Waals surface area contributed by atoms with Crippen LogP contribution in [0.4, 0.5) is 0 Å². The summed E-state index contributed by atoms with van der Waals surface area (Å²) in [6.45, 7) is 4.13. The van der Waals surface area contributed by atoms with Crippen LogP contribution in [0.25, 0.3) is 11.1 Å². The lowest BCUT2D eigenvalue weighted by molar-refractivity contribution is 0.898. The van der Waals surface area contributed by atoms with Crippen LogP contribution in [0.2, 0.25) is 0 Å². The van der Waals surface area contributed by atoms with Crippen LogP contribution < -0.4 is 5.56 Å². The third-order valence-corrected chi connectivity index (χ3v) is 2.87. The topological polar surface area (TPSA) is 45.8 Å². The fraction of sp³-hybridized carbons (Fsp3) is 0.286. The third-order valence-electron chi connectivity index (χ3n) is 2.87. The zero-order valence-corrected chi connectivity index (χ0v) is 10.2. The molecule has 1 aromatic heterocycles. The van der Waals surface area contributed by atoms with Crippen molar-refractivity contribution in [1.29, 1.82) is 0 Å². The van der Waals surface area contributed by atoms with Crippen molar-refractivity contribution in [3.8, 4) is 11.1 Å². The number of aryl methyl sites for hydroxylation is 2. The van der Waals surface area contributed by atoms with Crippen molar-refractivity contribution in [3.63, 3.8) is 0 Å². The highest BCUT2D eigenvalue weighted by Crippen LogP contribution is 2.17. The lowest BCUT2D eigenvalue weighted by Gasteiger charge is -2.04. The predicted octanol–water partition coefficient (Wildman–Crippen LogP) is 2.56. The molecule has 0 aliphatic rings. The first kappa shape index (κ1) is 11.6. The predicted molar refractivity (Wildman–Crippen MR) is 69.0 cm³/mol. The highest BCUT2D eigenvalue weighted by atomic mass is 16.1. The Kier molecular flexibility index (Phi) is 3.38. The molecule has 0 radical (unpaired) electrons. The molecule has 0 aliphatic heterocycles. The van der Waals surface area contributed by atoms with Crippen molar-refractivity contribution in [2.75, 3.05) is 0 Å². The van der Waals surface area contributed by atoms with Crippen LogP contribution in [0, 0.1) is 0 Å². The maximum atomic E-state index is 11.8. The molecule has 2 rings (SSSR count). The van der Waals surface area contributed by atoms with Gasteiger partial charge in [0, 0.05) is 0 Å². The fourth-order valence-corrected chi connectivity index (χ4v) is 1.80.